The lowest BCUT2D eigenvalue weighted by Gasteiger charge is -2.02. The van der Waals surface area contributed by atoms with E-state index in [1.165, 1.54) is 28.4 Å². The normalized spacial score (nSPS) is 11.1. The van der Waals surface area contributed by atoms with Crippen LogP contribution in [0.25, 0.3) is 58.5 Å². The molecule has 0 radical (unpaired) electrons. The highest BCUT2D eigenvalue weighted by atomic mass is 32.1. The quantitative estimate of drug-likeness (QED) is 0.0786. The predicted molar refractivity (Wildman–Crippen MR) is 227 cm³/mol. The van der Waals surface area contributed by atoms with Crippen molar-refractivity contribution in [2.45, 2.75) is 25.7 Å². The van der Waals surface area contributed by atoms with Crippen molar-refractivity contribution in [3.8, 4) is 58.5 Å². The van der Waals surface area contributed by atoms with Crippen molar-refractivity contribution in [3.63, 3.8) is 0 Å². The largest absolute Gasteiger partial charge is 0.469 e. The molecular weight excluding hydrogens is 833 g/mol. The maximum atomic E-state index is 12.6. The number of hydrogen-bond acceptors (Lipinski definition) is 15. The second-order valence-electron chi connectivity index (χ2n) is 12.0. The average molecular weight is 865 g/mol. The molecule has 0 bridgehead atoms. The minimum Gasteiger partial charge on any atom is -0.469 e. The van der Waals surface area contributed by atoms with E-state index in [1.54, 1.807) is 79.4 Å². The van der Waals surface area contributed by atoms with Gasteiger partial charge >= 0.3 is 23.9 Å². The lowest BCUT2D eigenvalue weighted by molar-refractivity contribution is -0.140. The fraction of sp³-hybridized carbons (Fsp3) is 0.200. The van der Waals surface area contributed by atoms with Gasteiger partial charge in [0.05, 0.1) is 54.1 Å². The molecule has 55 heavy (non-hydrogen) atoms. The van der Waals surface area contributed by atoms with Crippen molar-refractivity contribution in [2.75, 3.05) is 28.4 Å². The summed E-state index contributed by atoms with van der Waals surface area (Å²) >= 11 is 11.4. The van der Waals surface area contributed by atoms with E-state index in [2.05, 4.69) is 48.5 Å². The molecule has 8 nitrogen and oxygen atoms in total. The molecule has 282 valence electrons. The first-order valence-corrected chi connectivity index (χ1v) is 22.5. The lowest BCUT2D eigenvalue weighted by atomic mass is 10.1. The molecule has 0 aromatic carbocycles. The van der Waals surface area contributed by atoms with Crippen LogP contribution in [0.4, 0.5) is 0 Å². The van der Waals surface area contributed by atoms with Gasteiger partial charge in [-0.3, -0.25) is 19.2 Å². The van der Waals surface area contributed by atoms with Crippen LogP contribution in [0.1, 0.15) is 22.3 Å². The zero-order chi connectivity index (χ0) is 38.6. The zero-order valence-corrected chi connectivity index (χ0v) is 35.6. The Morgan fingerprint density at radius 1 is 0.382 bits per heavy atom. The summed E-state index contributed by atoms with van der Waals surface area (Å²) in [6.07, 6.45) is 0.700. The van der Waals surface area contributed by atoms with Gasteiger partial charge in [0.15, 0.2) is 0 Å². The first kappa shape index (κ1) is 39.0. The Bertz CT molecular complexity index is 2330. The lowest BCUT2D eigenvalue weighted by Crippen LogP contribution is -2.04. The monoisotopic (exact) mass is 864 g/mol. The van der Waals surface area contributed by atoms with E-state index in [4.69, 9.17) is 18.9 Å². The molecule has 7 rings (SSSR count). The van der Waals surface area contributed by atoms with E-state index in [0.29, 0.717) is 0 Å². The van der Waals surface area contributed by atoms with Gasteiger partial charge in [-0.15, -0.1) is 79.4 Å². The maximum absolute atomic E-state index is 12.6. The smallest absolute Gasteiger partial charge is 0.310 e. The zero-order valence-electron chi connectivity index (χ0n) is 29.9. The van der Waals surface area contributed by atoms with Crippen LogP contribution in [-0.4, -0.2) is 52.3 Å². The van der Waals surface area contributed by atoms with Crippen molar-refractivity contribution in [1.29, 1.82) is 0 Å². The molecule has 0 aliphatic heterocycles. The molecular formula is C40H32O8S7. The Hall–Kier alpha value is -4.22. The van der Waals surface area contributed by atoms with Gasteiger partial charge in [0.1, 0.15) is 0 Å². The SMILES string of the molecule is COC(=O)Cc1ccsc1-c1ccc(-c2sc(-c3ccc(-c4cc(CC(=O)OC)c(-c5ccc(-c6sccc6CC(=O)OC)s5)s4)s3)cc2CC(=O)OC)s1. The van der Waals surface area contributed by atoms with Gasteiger partial charge < -0.3 is 18.9 Å². The summed E-state index contributed by atoms with van der Waals surface area (Å²) in [5.41, 5.74) is 3.64. The molecule has 0 spiro atoms. The van der Waals surface area contributed by atoms with E-state index in [9.17, 15) is 19.2 Å². The van der Waals surface area contributed by atoms with E-state index in [-0.39, 0.29) is 49.6 Å². The number of methoxy groups -OCH3 is 4. The van der Waals surface area contributed by atoms with Crippen molar-refractivity contribution < 1.29 is 38.1 Å². The van der Waals surface area contributed by atoms with Crippen LogP contribution in [0, 0.1) is 0 Å². The first-order valence-electron chi connectivity index (χ1n) is 16.6. The molecule has 7 aromatic heterocycles. The summed E-state index contributed by atoms with van der Waals surface area (Å²) in [5, 5.41) is 3.96. The highest BCUT2D eigenvalue weighted by molar-refractivity contribution is 7.31. The summed E-state index contributed by atoms with van der Waals surface area (Å²) in [5.74, 6) is -1.19. The Kier molecular flexibility index (Phi) is 12.3. The van der Waals surface area contributed by atoms with Gasteiger partial charge in [-0.05, 0) is 93.7 Å². The van der Waals surface area contributed by atoms with E-state index >= 15 is 0 Å². The molecule has 0 unspecified atom stereocenters. The Morgan fingerprint density at radius 3 is 1.05 bits per heavy atom. The van der Waals surface area contributed by atoms with Crippen LogP contribution in [0.3, 0.4) is 0 Å². The number of ether oxygens (including phenoxy) is 4. The van der Waals surface area contributed by atoms with Crippen LogP contribution in [0.5, 0.6) is 0 Å². The molecule has 0 saturated heterocycles. The minimum atomic E-state index is -0.312. The number of hydrogen-bond donors (Lipinski definition) is 0. The van der Waals surface area contributed by atoms with Gasteiger partial charge in [-0.1, -0.05) is 0 Å². The van der Waals surface area contributed by atoms with Crippen LogP contribution < -0.4 is 0 Å². The van der Waals surface area contributed by atoms with Gasteiger partial charge in [-0.25, -0.2) is 0 Å². The molecule has 7 aromatic rings. The number of carbonyl (C=O) groups excluding carboxylic acids is 4. The Labute approximate surface area is 345 Å². The second kappa shape index (κ2) is 17.3. The molecule has 0 atom stereocenters. The standard InChI is InChI=1S/C40H32O8S7/c1-45-33(41)17-21-11-13-49-37(21)27-7-9-29(52-27)39-23(19-35(43)47-3)15-31(54-39)25-5-6-26(51-25)32-16-24(20-36(44)48-4)40(55-32)30-10-8-28(53-30)38-22(12-14-50-38)18-34(42)46-2/h5-16H,17-20H2,1-4H3. The molecule has 15 heteroatoms. The molecule has 7 heterocycles. The number of esters is 4. The third-order valence-electron chi connectivity index (χ3n) is 8.56. The van der Waals surface area contributed by atoms with E-state index in [0.717, 1.165) is 80.8 Å². The molecule has 0 aliphatic rings. The molecule has 0 amide bonds. The highest BCUT2D eigenvalue weighted by Gasteiger charge is 2.23. The summed E-state index contributed by atoms with van der Waals surface area (Å²) in [6.45, 7) is 0. The van der Waals surface area contributed by atoms with Crippen LogP contribution >= 0.6 is 79.4 Å². The van der Waals surface area contributed by atoms with Crippen molar-refractivity contribution in [1.82, 2.24) is 0 Å². The summed E-state index contributed by atoms with van der Waals surface area (Å²) in [6, 6.07) is 20.5. The number of thiophene rings is 7. The fourth-order valence-electron chi connectivity index (χ4n) is 5.84. The van der Waals surface area contributed by atoms with Gasteiger partial charge in [0, 0.05) is 58.5 Å². The molecule has 0 fully saturated rings. The van der Waals surface area contributed by atoms with E-state index < -0.39 is 0 Å². The summed E-state index contributed by atoms with van der Waals surface area (Å²) in [4.78, 5) is 61.6. The van der Waals surface area contributed by atoms with Crippen molar-refractivity contribution in [2.24, 2.45) is 0 Å². The van der Waals surface area contributed by atoms with E-state index in [1.807, 2.05) is 22.9 Å². The molecule has 0 saturated carbocycles. The Morgan fingerprint density at radius 2 is 0.691 bits per heavy atom. The second-order valence-corrected chi connectivity index (χ2v) is 19.2. The Balaban J connectivity index is 1.20. The van der Waals surface area contributed by atoms with Gasteiger partial charge in [0.2, 0.25) is 0 Å². The minimum absolute atomic E-state index is 0.143. The molecule has 0 N–H and O–H groups in total. The fourth-order valence-corrected chi connectivity index (χ4v) is 13.8. The van der Waals surface area contributed by atoms with Crippen LogP contribution in [0.15, 0.2) is 71.4 Å². The maximum Gasteiger partial charge on any atom is 0.310 e. The molecule has 0 aliphatic carbocycles. The van der Waals surface area contributed by atoms with Crippen LogP contribution in [-0.2, 0) is 63.8 Å². The average Bonchev–Trinajstić information content (AvgIpc) is 4.03. The third kappa shape index (κ3) is 8.63. The summed E-state index contributed by atoms with van der Waals surface area (Å²) < 4.78 is 19.9. The summed E-state index contributed by atoms with van der Waals surface area (Å²) in [7, 11) is 5.58. The number of rotatable bonds is 14. The topological polar surface area (TPSA) is 105 Å². The highest BCUT2D eigenvalue weighted by Crippen LogP contribution is 2.49. The third-order valence-corrected chi connectivity index (χ3v) is 17.2. The van der Waals surface area contributed by atoms with Crippen molar-refractivity contribution in [3.05, 3.63) is 93.7 Å². The number of carbonyl (C=O) groups is 4. The van der Waals surface area contributed by atoms with Crippen molar-refractivity contribution >= 4 is 103 Å². The van der Waals surface area contributed by atoms with Gasteiger partial charge in [0.25, 0.3) is 0 Å². The first-order chi connectivity index (χ1) is 26.7. The van der Waals surface area contributed by atoms with Gasteiger partial charge in [-0.2, -0.15) is 0 Å². The van der Waals surface area contributed by atoms with Crippen LogP contribution in [0.2, 0.25) is 0 Å². The predicted octanol–water partition coefficient (Wildman–Crippen LogP) is 11.0.